The van der Waals surface area contributed by atoms with Crippen molar-refractivity contribution in [3.05, 3.63) is 48.2 Å². The third-order valence-corrected chi connectivity index (χ3v) is 5.80. The van der Waals surface area contributed by atoms with Crippen LogP contribution >= 0.6 is 0 Å². The van der Waals surface area contributed by atoms with Crippen LogP contribution < -0.4 is 20.1 Å². The van der Waals surface area contributed by atoms with Crippen LogP contribution in [0.1, 0.15) is 37.3 Å². The topological polar surface area (TPSA) is 88.3 Å². The Bertz CT molecular complexity index is 1040. The molecule has 0 radical (unpaired) electrons. The number of fused-ring (bicyclic) bond motifs is 2. The Morgan fingerprint density at radius 2 is 2.21 bits per heavy atom. The molecule has 0 bridgehead atoms. The van der Waals surface area contributed by atoms with Gasteiger partial charge in [0, 0.05) is 23.4 Å². The van der Waals surface area contributed by atoms with Crippen molar-refractivity contribution < 1.29 is 14.3 Å². The Morgan fingerprint density at radius 3 is 3.00 bits per heavy atom. The number of rotatable bonds is 3. The van der Waals surface area contributed by atoms with Crippen molar-refractivity contribution in [2.24, 2.45) is 0 Å². The second kappa shape index (κ2) is 6.44. The predicted molar refractivity (Wildman–Crippen MR) is 106 cm³/mol. The third kappa shape index (κ3) is 2.83. The largest absolute Gasteiger partial charge is 0.497 e. The lowest BCUT2D eigenvalue weighted by atomic mass is 9.73. The Hall–Kier alpha value is -3.22. The minimum absolute atomic E-state index is 0.112. The molecule has 144 valence electrons. The summed E-state index contributed by atoms with van der Waals surface area (Å²) in [5.41, 5.74) is 2.41. The maximum absolute atomic E-state index is 12.8. The number of anilines is 1. The van der Waals surface area contributed by atoms with Gasteiger partial charge >= 0.3 is 6.03 Å². The molecule has 0 saturated heterocycles. The quantitative estimate of drug-likeness (QED) is 0.639. The van der Waals surface area contributed by atoms with Gasteiger partial charge in [-0.05, 0) is 43.5 Å². The molecular formula is C21H22N4O3. The number of methoxy groups -OCH3 is 1. The molecule has 1 unspecified atom stereocenters. The van der Waals surface area contributed by atoms with Crippen LogP contribution in [-0.4, -0.2) is 28.9 Å². The van der Waals surface area contributed by atoms with Crippen molar-refractivity contribution >= 4 is 22.6 Å². The summed E-state index contributed by atoms with van der Waals surface area (Å²) in [4.78, 5) is 12.8. The first-order chi connectivity index (χ1) is 13.7. The Morgan fingerprint density at radius 1 is 1.32 bits per heavy atom. The molecule has 2 amide bonds. The van der Waals surface area contributed by atoms with Gasteiger partial charge in [0.1, 0.15) is 17.1 Å². The highest BCUT2D eigenvalue weighted by Crippen LogP contribution is 2.49. The van der Waals surface area contributed by atoms with E-state index in [9.17, 15) is 4.79 Å². The molecule has 1 spiro atoms. The first kappa shape index (κ1) is 16.9. The maximum atomic E-state index is 12.8. The second-order valence-corrected chi connectivity index (χ2v) is 7.53. The first-order valence-electron chi connectivity index (χ1n) is 9.52. The first-order valence-corrected chi connectivity index (χ1v) is 9.52. The normalized spacial score (nSPS) is 19.4. The summed E-state index contributed by atoms with van der Waals surface area (Å²) < 4.78 is 11.7. The number of urea groups is 1. The summed E-state index contributed by atoms with van der Waals surface area (Å²) in [5, 5.41) is 13.9. The highest BCUT2D eigenvalue weighted by atomic mass is 16.5. The number of H-pyrrole nitrogens is 1. The van der Waals surface area contributed by atoms with E-state index in [2.05, 4.69) is 20.8 Å². The zero-order valence-electron chi connectivity index (χ0n) is 15.6. The highest BCUT2D eigenvalue weighted by molar-refractivity contribution is 6.00. The van der Waals surface area contributed by atoms with Crippen LogP contribution in [0.4, 0.5) is 10.5 Å². The molecule has 1 aliphatic heterocycles. The zero-order valence-corrected chi connectivity index (χ0v) is 15.6. The molecule has 1 fully saturated rings. The van der Waals surface area contributed by atoms with Crippen molar-refractivity contribution in [2.45, 2.75) is 37.3 Å². The average Bonchev–Trinajstić information content (AvgIpc) is 3.16. The minimum Gasteiger partial charge on any atom is -0.497 e. The Labute approximate surface area is 162 Å². The van der Waals surface area contributed by atoms with Gasteiger partial charge < -0.3 is 20.1 Å². The number of carbonyl (C=O) groups excluding carboxylic acids is 1. The lowest BCUT2D eigenvalue weighted by Crippen LogP contribution is -2.50. The maximum Gasteiger partial charge on any atom is 0.319 e. The van der Waals surface area contributed by atoms with E-state index in [1.807, 2.05) is 36.4 Å². The predicted octanol–water partition coefficient (Wildman–Crippen LogP) is 4.14. The van der Waals surface area contributed by atoms with E-state index < -0.39 is 0 Å². The molecule has 7 nitrogen and oxygen atoms in total. The van der Waals surface area contributed by atoms with Crippen LogP contribution in [0.3, 0.4) is 0 Å². The number of benzene rings is 2. The molecular weight excluding hydrogens is 356 g/mol. The molecule has 1 saturated carbocycles. The highest BCUT2D eigenvalue weighted by Gasteiger charge is 2.46. The van der Waals surface area contributed by atoms with Crippen molar-refractivity contribution in [1.29, 1.82) is 0 Å². The van der Waals surface area contributed by atoms with Crippen LogP contribution in [0.15, 0.2) is 42.6 Å². The number of aromatic nitrogens is 2. The number of nitrogens with zero attached hydrogens (tertiary/aromatic N) is 1. The molecule has 2 heterocycles. The SMILES string of the molecule is COc1ccc2c(c1)OC1(CCC1)CC2NC(=O)Nc1cccc2[nH]ncc12. The van der Waals surface area contributed by atoms with Gasteiger partial charge in [-0.1, -0.05) is 6.07 Å². The summed E-state index contributed by atoms with van der Waals surface area (Å²) >= 11 is 0. The smallest absolute Gasteiger partial charge is 0.319 e. The lowest BCUT2D eigenvalue weighted by Gasteiger charge is -2.48. The summed E-state index contributed by atoms with van der Waals surface area (Å²) in [7, 11) is 1.64. The molecule has 7 heteroatoms. The molecule has 2 aromatic carbocycles. The molecule has 5 rings (SSSR count). The molecule has 1 aliphatic carbocycles. The van der Waals surface area contributed by atoms with Gasteiger partial charge in [0.05, 0.1) is 30.6 Å². The van der Waals surface area contributed by atoms with Crippen molar-refractivity contribution in [3.8, 4) is 11.5 Å². The summed E-state index contributed by atoms with van der Waals surface area (Å²) in [6.45, 7) is 0. The van der Waals surface area contributed by atoms with Crippen molar-refractivity contribution in [2.75, 3.05) is 12.4 Å². The number of aromatic amines is 1. The Balaban J connectivity index is 1.39. The number of hydrogen-bond acceptors (Lipinski definition) is 4. The molecule has 1 atom stereocenters. The minimum atomic E-state index is -0.239. The molecule has 1 aromatic heterocycles. The van der Waals surface area contributed by atoms with Gasteiger partial charge in [-0.25, -0.2) is 4.79 Å². The van der Waals surface area contributed by atoms with Crippen LogP contribution in [0, 0.1) is 0 Å². The van der Waals surface area contributed by atoms with Crippen molar-refractivity contribution in [3.63, 3.8) is 0 Å². The number of nitrogens with one attached hydrogen (secondary N) is 3. The lowest BCUT2D eigenvalue weighted by molar-refractivity contribution is -0.0355. The Kier molecular flexibility index (Phi) is 3.89. The van der Waals surface area contributed by atoms with Gasteiger partial charge in [-0.15, -0.1) is 0 Å². The monoisotopic (exact) mass is 378 g/mol. The number of ether oxygens (including phenoxy) is 2. The van der Waals surface area contributed by atoms with Gasteiger partial charge in [-0.2, -0.15) is 5.10 Å². The van der Waals surface area contributed by atoms with E-state index in [-0.39, 0.29) is 17.7 Å². The van der Waals surface area contributed by atoms with Gasteiger partial charge in [-0.3, -0.25) is 5.10 Å². The van der Waals surface area contributed by atoms with Gasteiger partial charge in [0.2, 0.25) is 0 Å². The second-order valence-electron chi connectivity index (χ2n) is 7.53. The number of carbonyl (C=O) groups is 1. The fourth-order valence-electron chi connectivity index (χ4n) is 4.17. The fourth-order valence-corrected chi connectivity index (χ4v) is 4.17. The number of hydrogen-bond donors (Lipinski definition) is 3. The van der Waals surface area contributed by atoms with E-state index in [1.165, 1.54) is 0 Å². The molecule has 28 heavy (non-hydrogen) atoms. The van der Waals surface area contributed by atoms with E-state index in [1.54, 1.807) is 13.3 Å². The summed E-state index contributed by atoms with van der Waals surface area (Å²) in [6.07, 6.45) is 5.66. The van der Waals surface area contributed by atoms with Crippen LogP contribution in [0.25, 0.3) is 10.9 Å². The summed E-state index contributed by atoms with van der Waals surface area (Å²) in [5.74, 6) is 1.55. The van der Waals surface area contributed by atoms with E-state index in [0.29, 0.717) is 0 Å². The van der Waals surface area contributed by atoms with E-state index in [4.69, 9.17) is 9.47 Å². The zero-order chi connectivity index (χ0) is 19.1. The van der Waals surface area contributed by atoms with Crippen LogP contribution in [-0.2, 0) is 0 Å². The van der Waals surface area contributed by atoms with E-state index >= 15 is 0 Å². The molecule has 2 aliphatic rings. The van der Waals surface area contributed by atoms with Gasteiger partial charge in [0.15, 0.2) is 0 Å². The van der Waals surface area contributed by atoms with Crippen LogP contribution in [0.5, 0.6) is 11.5 Å². The number of amides is 2. The van der Waals surface area contributed by atoms with Crippen LogP contribution in [0.2, 0.25) is 0 Å². The molecule has 3 aromatic rings. The third-order valence-electron chi connectivity index (χ3n) is 5.80. The van der Waals surface area contributed by atoms with E-state index in [0.717, 1.165) is 59.3 Å². The average molecular weight is 378 g/mol. The molecule has 3 N–H and O–H groups in total. The summed E-state index contributed by atoms with van der Waals surface area (Å²) in [6, 6.07) is 11.1. The van der Waals surface area contributed by atoms with Gasteiger partial charge in [0.25, 0.3) is 0 Å². The van der Waals surface area contributed by atoms with Crippen molar-refractivity contribution in [1.82, 2.24) is 15.5 Å². The standard InChI is InChI=1S/C21H22N4O3/c1-27-13-6-7-14-18(11-21(8-3-9-21)28-19(14)10-13)24-20(26)23-16-4-2-5-17-15(16)12-22-25-17/h2,4-7,10,12,18H,3,8-9,11H2,1H3,(H,22,25)(H2,23,24,26). The fraction of sp³-hybridized carbons (Fsp3) is 0.333.